The van der Waals surface area contributed by atoms with Crippen LogP contribution in [0.1, 0.15) is 33.1 Å². The van der Waals surface area contributed by atoms with Gasteiger partial charge in [-0.05, 0) is 37.9 Å². The largest absolute Gasteiger partial charge is 0.497 e. The summed E-state index contributed by atoms with van der Waals surface area (Å²) < 4.78 is 5.25. The lowest BCUT2D eigenvalue weighted by Gasteiger charge is -2.27. The summed E-state index contributed by atoms with van der Waals surface area (Å²) in [4.78, 5) is 2.20. The second kappa shape index (κ2) is 8.53. The number of benzene rings is 1. The first-order valence-electron chi connectivity index (χ1n) is 7.62. The summed E-state index contributed by atoms with van der Waals surface area (Å²) in [6.45, 7) is 5.86. The molecule has 116 valence electrons. The van der Waals surface area contributed by atoms with Crippen LogP contribution in [0.5, 0.6) is 5.75 Å². The van der Waals surface area contributed by atoms with E-state index in [-0.39, 0.29) is 5.54 Å². The van der Waals surface area contributed by atoms with Crippen molar-refractivity contribution in [3.8, 4) is 11.8 Å². The van der Waals surface area contributed by atoms with Crippen LogP contribution in [0.4, 0.5) is 5.69 Å². The fourth-order valence-corrected chi connectivity index (χ4v) is 2.50. The second-order valence-electron chi connectivity index (χ2n) is 5.30. The molecule has 1 aromatic rings. The third-order valence-corrected chi connectivity index (χ3v) is 3.92. The summed E-state index contributed by atoms with van der Waals surface area (Å²) >= 11 is 0. The molecule has 4 heteroatoms. The van der Waals surface area contributed by atoms with E-state index in [1.807, 2.05) is 25.1 Å². The van der Waals surface area contributed by atoms with Gasteiger partial charge in [-0.15, -0.1) is 0 Å². The van der Waals surface area contributed by atoms with Gasteiger partial charge >= 0.3 is 0 Å². The van der Waals surface area contributed by atoms with Crippen LogP contribution in [0.15, 0.2) is 24.3 Å². The van der Waals surface area contributed by atoms with E-state index in [4.69, 9.17) is 4.74 Å². The molecule has 0 aliphatic carbocycles. The van der Waals surface area contributed by atoms with Crippen LogP contribution < -0.4 is 15.0 Å². The number of ether oxygens (including phenoxy) is 1. The number of nitrogens with zero attached hydrogens (tertiary/aromatic N) is 2. The molecule has 1 N–H and O–H groups in total. The van der Waals surface area contributed by atoms with Crippen molar-refractivity contribution in [3.05, 3.63) is 24.3 Å². The molecule has 0 saturated heterocycles. The smallest absolute Gasteiger partial charge is 0.120 e. The Hall–Kier alpha value is -1.73. The fourth-order valence-electron chi connectivity index (χ4n) is 2.50. The molecule has 0 radical (unpaired) electrons. The summed E-state index contributed by atoms with van der Waals surface area (Å²) in [5.41, 5.74) is 0.751. The van der Waals surface area contributed by atoms with E-state index in [0.29, 0.717) is 0 Å². The van der Waals surface area contributed by atoms with Gasteiger partial charge in [0.15, 0.2) is 0 Å². The first-order valence-corrected chi connectivity index (χ1v) is 7.62. The molecule has 0 aliphatic rings. The van der Waals surface area contributed by atoms with E-state index in [2.05, 4.69) is 36.3 Å². The predicted molar refractivity (Wildman–Crippen MR) is 87.8 cm³/mol. The van der Waals surface area contributed by atoms with Crippen molar-refractivity contribution in [1.82, 2.24) is 5.32 Å². The van der Waals surface area contributed by atoms with Gasteiger partial charge in [0, 0.05) is 25.3 Å². The molecule has 0 amide bonds. The predicted octanol–water partition coefficient (Wildman–Crippen LogP) is 3.19. The number of hydrogen-bond donors (Lipinski definition) is 1. The summed E-state index contributed by atoms with van der Waals surface area (Å²) in [6.07, 6.45) is 2.67. The highest BCUT2D eigenvalue weighted by Crippen LogP contribution is 2.21. The number of nitriles is 1. The monoisotopic (exact) mass is 289 g/mol. The van der Waals surface area contributed by atoms with Gasteiger partial charge in [-0.3, -0.25) is 5.32 Å². The number of methoxy groups -OCH3 is 1. The molecule has 1 unspecified atom stereocenters. The molecule has 21 heavy (non-hydrogen) atoms. The zero-order chi connectivity index (χ0) is 15.7. The van der Waals surface area contributed by atoms with Crippen molar-refractivity contribution in [1.29, 1.82) is 5.26 Å². The Balaban J connectivity index is 2.56. The average Bonchev–Trinajstić information content (AvgIpc) is 2.54. The number of hydrogen-bond acceptors (Lipinski definition) is 4. The zero-order valence-electron chi connectivity index (χ0n) is 13.6. The standard InChI is InChI=1S/C17H27N3O/c1-5-17(14-18,19-6-2)11-8-12-20(3)15-9-7-10-16(13-15)21-4/h7,9-10,13,19H,5-6,8,11-12H2,1-4H3. The van der Waals surface area contributed by atoms with Gasteiger partial charge < -0.3 is 9.64 Å². The summed E-state index contributed by atoms with van der Waals surface area (Å²) in [5.74, 6) is 0.868. The normalized spacial score (nSPS) is 13.3. The molecule has 0 spiro atoms. The van der Waals surface area contributed by atoms with Gasteiger partial charge in [0.25, 0.3) is 0 Å². The molecule has 1 rings (SSSR count). The molecule has 1 aromatic carbocycles. The first-order chi connectivity index (χ1) is 10.1. The lowest BCUT2D eigenvalue weighted by molar-refractivity contribution is 0.373. The average molecular weight is 289 g/mol. The minimum atomic E-state index is -0.385. The SMILES string of the molecule is CCNC(C#N)(CC)CCCN(C)c1cccc(OC)c1. The number of nitrogens with one attached hydrogen (secondary N) is 1. The molecule has 0 saturated carbocycles. The highest BCUT2D eigenvalue weighted by molar-refractivity contribution is 5.50. The first kappa shape index (κ1) is 17.3. The van der Waals surface area contributed by atoms with Crippen LogP contribution in [0.25, 0.3) is 0 Å². The van der Waals surface area contributed by atoms with Crippen molar-refractivity contribution in [3.63, 3.8) is 0 Å². The zero-order valence-corrected chi connectivity index (χ0v) is 13.6. The maximum Gasteiger partial charge on any atom is 0.120 e. The van der Waals surface area contributed by atoms with Crippen LogP contribution in [0.2, 0.25) is 0 Å². The Bertz CT molecular complexity index is 469. The summed E-state index contributed by atoms with van der Waals surface area (Å²) in [7, 11) is 3.75. The van der Waals surface area contributed by atoms with Crippen molar-refractivity contribution >= 4 is 5.69 Å². The molecule has 4 nitrogen and oxygen atoms in total. The van der Waals surface area contributed by atoms with Crippen molar-refractivity contribution < 1.29 is 4.74 Å². The minimum absolute atomic E-state index is 0.385. The lowest BCUT2D eigenvalue weighted by Crippen LogP contribution is -2.43. The topological polar surface area (TPSA) is 48.3 Å². The molecular weight excluding hydrogens is 262 g/mol. The van der Waals surface area contributed by atoms with Crippen LogP contribution in [-0.4, -0.2) is 32.8 Å². The van der Waals surface area contributed by atoms with E-state index in [1.54, 1.807) is 7.11 Å². The molecule has 0 aliphatic heterocycles. The Kier molecular flexibility index (Phi) is 7.04. The Morgan fingerprint density at radius 1 is 1.38 bits per heavy atom. The highest BCUT2D eigenvalue weighted by Gasteiger charge is 2.25. The van der Waals surface area contributed by atoms with Gasteiger partial charge in [0.05, 0.1) is 13.2 Å². The van der Waals surface area contributed by atoms with Gasteiger partial charge in [0.1, 0.15) is 11.3 Å². The molecule has 1 atom stereocenters. The quantitative estimate of drug-likeness (QED) is 0.758. The maximum atomic E-state index is 9.42. The van der Waals surface area contributed by atoms with Crippen LogP contribution in [0.3, 0.4) is 0 Å². The maximum absolute atomic E-state index is 9.42. The van der Waals surface area contributed by atoms with E-state index >= 15 is 0 Å². The minimum Gasteiger partial charge on any atom is -0.497 e. The lowest BCUT2D eigenvalue weighted by atomic mass is 9.92. The van der Waals surface area contributed by atoms with E-state index in [0.717, 1.165) is 43.8 Å². The highest BCUT2D eigenvalue weighted by atomic mass is 16.5. The van der Waals surface area contributed by atoms with Crippen LogP contribution in [-0.2, 0) is 0 Å². The summed E-state index contributed by atoms with van der Waals surface area (Å²) in [5, 5.41) is 12.7. The fraction of sp³-hybridized carbons (Fsp3) is 0.588. The van der Waals surface area contributed by atoms with Crippen molar-refractivity contribution in [2.75, 3.05) is 32.1 Å². The van der Waals surface area contributed by atoms with E-state index < -0.39 is 0 Å². The van der Waals surface area contributed by atoms with Gasteiger partial charge in [-0.2, -0.15) is 5.26 Å². The summed E-state index contributed by atoms with van der Waals surface area (Å²) in [6, 6.07) is 10.5. The third kappa shape index (κ3) is 4.95. The Labute approximate surface area is 128 Å². The number of rotatable bonds is 9. The van der Waals surface area contributed by atoms with Crippen molar-refractivity contribution in [2.45, 2.75) is 38.6 Å². The van der Waals surface area contributed by atoms with E-state index in [9.17, 15) is 5.26 Å². The van der Waals surface area contributed by atoms with E-state index in [1.165, 1.54) is 0 Å². The number of anilines is 1. The molecular formula is C17H27N3O. The molecule has 0 aromatic heterocycles. The Morgan fingerprint density at radius 2 is 2.14 bits per heavy atom. The third-order valence-electron chi connectivity index (χ3n) is 3.92. The Morgan fingerprint density at radius 3 is 2.71 bits per heavy atom. The second-order valence-corrected chi connectivity index (χ2v) is 5.30. The van der Waals surface area contributed by atoms with Gasteiger partial charge in [0.2, 0.25) is 0 Å². The van der Waals surface area contributed by atoms with Crippen LogP contribution >= 0.6 is 0 Å². The van der Waals surface area contributed by atoms with Crippen LogP contribution in [0, 0.1) is 11.3 Å². The van der Waals surface area contributed by atoms with Crippen molar-refractivity contribution in [2.24, 2.45) is 0 Å². The van der Waals surface area contributed by atoms with Gasteiger partial charge in [-0.25, -0.2) is 0 Å². The van der Waals surface area contributed by atoms with Gasteiger partial charge in [-0.1, -0.05) is 19.9 Å². The molecule has 0 fully saturated rings. The molecule has 0 heterocycles. The molecule has 0 bridgehead atoms.